The lowest BCUT2D eigenvalue weighted by Gasteiger charge is -2.04. The Morgan fingerprint density at radius 2 is 1.07 bits per heavy atom. The summed E-state index contributed by atoms with van der Waals surface area (Å²) >= 11 is 0. The topological polar surface area (TPSA) is 76.1 Å². The Kier molecular flexibility index (Phi) is 21.6. The molecule has 6 N–H and O–H groups in total. The van der Waals surface area contributed by atoms with E-state index in [-0.39, 0.29) is 0 Å². The van der Waals surface area contributed by atoms with Crippen molar-refractivity contribution in [2.75, 3.05) is 26.2 Å². The zero-order valence-corrected chi connectivity index (χ0v) is 9.81. The molecule has 0 aromatic heterocycles. The van der Waals surface area contributed by atoms with Crippen LogP contribution in [0.1, 0.15) is 39.5 Å². The highest BCUT2D eigenvalue weighted by Crippen LogP contribution is 1.82. The molecule has 4 heteroatoms. The predicted octanol–water partition coefficient (Wildman–Crippen LogP) is 0.585. The first kappa shape index (κ1) is 16.3. The van der Waals surface area contributed by atoms with Crippen LogP contribution in [-0.2, 0) is 0 Å². The van der Waals surface area contributed by atoms with Gasteiger partial charge < -0.3 is 10.6 Å². The van der Waals surface area contributed by atoms with Crippen molar-refractivity contribution < 1.29 is 0 Å². The molecule has 0 radical (unpaired) electrons. The SMILES string of the molecule is CCCCNCCNCCCC.NN. The molecule has 0 aliphatic heterocycles. The second-order valence-corrected chi connectivity index (χ2v) is 3.21. The second kappa shape index (κ2) is 18.6. The van der Waals surface area contributed by atoms with E-state index in [0.717, 1.165) is 13.1 Å². The van der Waals surface area contributed by atoms with Gasteiger partial charge in [-0.2, -0.15) is 0 Å². The zero-order chi connectivity index (χ0) is 11.1. The van der Waals surface area contributed by atoms with Crippen LogP contribution in [0.4, 0.5) is 0 Å². The molecule has 0 aromatic carbocycles. The third kappa shape index (κ3) is 17.8. The standard InChI is InChI=1S/C10H24N2.H4N2/c1-3-5-7-11-9-10-12-8-6-4-2;1-2/h11-12H,3-10H2,1-2H3;1-2H2. The number of hydrazine groups is 1. The summed E-state index contributed by atoms with van der Waals surface area (Å²) in [6, 6.07) is 0. The molecule has 0 spiro atoms. The molecule has 0 saturated heterocycles. The summed E-state index contributed by atoms with van der Waals surface area (Å²) in [4.78, 5) is 0. The molecule has 0 rings (SSSR count). The Bertz CT molecular complexity index is 68.5. The van der Waals surface area contributed by atoms with Crippen LogP contribution >= 0.6 is 0 Å². The summed E-state index contributed by atoms with van der Waals surface area (Å²) in [5.41, 5.74) is 0. The van der Waals surface area contributed by atoms with Crippen molar-refractivity contribution in [2.45, 2.75) is 39.5 Å². The van der Waals surface area contributed by atoms with Gasteiger partial charge in [-0.15, -0.1) is 0 Å². The average Bonchev–Trinajstić information content (AvgIpc) is 2.25. The maximum absolute atomic E-state index is 4.00. The summed E-state index contributed by atoms with van der Waals surface area (Å²) in [7, 11) is 0. The van der Waals surface area contributed by atoms with Crippen molar-refractivity contribution in [1.29, 1.82) is 0 Å². The Balaban J connectivity index is 0. The third-order valence-electron chi connectivity index (χ3n) is 1.89. The highest BCUT2D eigenvalue weighted by Gasteiger charge is 1.86. The smallest absolute Gasteiger partial charge is 0.00767 e. The summed E-state index contributed by atoms with van der Waals surface area (Å²) in [5.74, 6) is 8.00. The molecule has 0 atom stereocenters. The fourth-order valence-corrected chi connectivity index (χ4v) is 1.03. The number of unbranched alkanes of at least 4 members (excludes halogenated alkanes) is 2. The normalized spacial score (nSPS) is 9.43. The lowest BCUT2D eigenvalue weighted by Crippen LogP contribution is -2.28. The van der Waals surface area contributed by atoms with Crippen LogP contribution in [0.5, 0.6) is 0 Å². The second-order valence-electron chi connectivity index (χ2n) is 3.21. The van der Waals surface area contributed by atoms with Crippen LogP contribution in [-0.4, -0.2) is 26.2 Å². The van der Waals surface area contributed by atoms with Crippen LogP contribution in [0.15, 0.2) is 0 Å². The van der Waals surface area contributed by atoms with Crippen molar-refractivity contribution >= 4 is 0 Å². The van der Waals surface area contributed by atoms with Crippen LogP contribution in [0.3, 0.4) is 0 Å². The van der Waals surface area contributed by atoms with Gasteiger partial charge in [-0.25, -0.2) is 0 Å². The molecule has 0 heterocycles. The molecule has 0 aliphatic carbocycles. The maximum atomic E-state index is 4.00. The molecule has 0 amide bonds. The highest BCUT2D eigenvalue weighted by molar-refractivity contribution is 4.51. The van der Waals surface area contributed by atoms with Gasteiger partial charge in [0.2, 0.25) is 0 Å². The minimum Gasteiger partial charge on any atom is -0.315 e. The Labute approximate surface area is 88.8 Å². The number of rotatable bonds is 9. The quantitative estimate of drug-likeness (QED) is 0.252. The van der Waals surface area contributed by atoms with E-state index in [2.05, 4.69) is 36.2 Å². The van der Waals surface area contributed by atoms with Crippen molar-refractivity contribution in [1.82, 2.24) is 10.6 Å². The molecule has 0 aliphatic rings. The van der Waals surface area contributed by atoms with Gasteiger partial charge in [0, 0.05) is 13.1 Å². The first-order chi connectivity index (χ1) is 6.91. The molecular formula is C10H28N4. The zero-order valence-electron chi connectivity index (χ0n) is 9.81. The van der Waals surface area contributed by atoms with Gasteiger partial charge >= 0.3 is 0 Å². The van der Waals surface area contributed by atoms with Gasteiger partial charge in [0.25, 0.3) is 0 Å². The molecule has 0 fully saturated rings. The number of hydrogen-bond acceptors (Lipinski definition) is 4. The first-order valence-electron chi connectivity index (χ1n) is 5.66. The molecule has 0 unspecified atom stereocenters. The van der Waals surface area contributed by atoms with E-state index < -0.39 is 0 Å². The third-order valence-corrected chi connectivity index (χ3v) is 1.89. The Hall–Kier alpha value is -0.160. The van der Waals surface area contributed by atoms with Crippen molar-refractivity contribution in [3.63, 3.8) is 0 Å². The minimum atomic E-state index is 1.11. The lowest BCUT2D eigenvalue weighted by atomic mass is 10.3. The largest absolute Gasteiger partial charge is 0.315 e. The molecule has 0 bridgehead atoms. The van der Waals surface area contributed by atoms with E-state index in [1.807, 2.05) is 0 Å². The van der Waals surface area contributed by atoms with E-state index in [9.17, 15) is 0 Å². The molecular weight excluding hydrogens is 176 g/mol. The molecule has 4 nitrogen and oxygen atoms in total. The number of nitrogens with two attached hydrogens (primary N) is 2. The highest BCUT2D eigenvalue weighted by atomic mass is 15.0. The van der Waals surface area contributed by atoms with Crippen molar-refractivity contribution in [3.8, 4) is 0 Å². The number of nitrogens with one attached hydrogen (secondary N) is 2. The summed E-state index contributed by atoms with van der Waals surface area (Å²) in [6.07, 6.45) is 5.18. The van der Waals surface area contributed by atoms with E-state index in [0.29, 0.717) is 0 Å². The van der Waals surface area contributed by atoms with Gasteiger partial charge in [-0.05, 0) is 25.9 Å². The molecule has 88 valence electrons. The predicted molar refractivity (Wildman–Crippen MR) is 63.9 cm³/mol. The fourth-order valence-electron chi connectivity index (χ4n) is 1.03. The van der Waals surface area contributed by atoms with Gasteiger partial charge in [0.1, 0.15) is 0 Å². The van der Waals surface area contributed by atoms with E-state index in [1.54, 1.807) is 0 Å². The minimum absolute atomic E-state index is 1.11. The molecule has 0 aromatic rings. The summed E-state index contributed by atoms with van der Waals surface area (Å²) in [6.45, 7) is 9.02. The fraction of sp³-hybridized carbons (Fsp3) is 1.00. The van der Waals surface area contributed by atoms with Crippen LogP contribution in [0.25, 0.3) is 0 Å². The van der Waals surface area contributed by atoms with E-state index in [4.69, 9.17) is 0 Å². The van der Waals surface area contributed by atoms with Crippen LogP contribution in [0, 0.1) is 0 Å². The van der Waals surface area contributed by atoms with Crippen LogP contribution in [0.2, 0.25) is 0 Å². The van der Waals surface area contributed by atoms with Gasteiger partial charge in [0.05, 0.1) is 0 Å². The summed E-state index contributed by atoms with van der Waals surface area (Å²) in [5, 5.41) is 6.80. The summed E-state index contributed by atoms with van der Waals surface area (Å²) < 4.78 is 0. The molecule has 0 saturated carbocycles. The van der Waals surface area contributed by atoms with E-state index in [1.165, 1.54) is 38.8 Å². The average molecular weight is 204 g/mol. The Morgan fingerprint density at radius 1 is 0.714 bits per heavy atom. The Morgan fingerprint density at radius 3 is 1.36 bits per heavy atom. The monoisotopic (exact) mass is 204 g/mol. The van der Waals surface area contributed by atoms with Gasteiger partial charge in [-0.1, -0.05) is 26.7 Å². The number of hydrogen-bond donors (Lipinski definition) is 4. The van der Waals surface area contributed by atoms with Gasteiger partial charge in [-0.3, -0.25) is 11.7 Å². The van der Waals surface area contributed by atoms with Gasteiger partial charge in [0.15, 0.2) is 0 Å². The van der Waals surface area contributed by atoms with Crippen molar-refractivity contribution in [3.05, 3.63) is 0 Å². The van der Waals surface area contributed by atoms with E-state index >= 15 is 0 Å². The lowest BCUT2D eigenvalue weighted by molar-refractivity contribution is 0.580. The van der Waals surface area contributed by atoms with Crippen LogP contribution < -0.4 is 22.3 Å². The first-order valence-corrected chi connectivity index (χ1v) is 5.66. The maximum Gasteiger partial charge on any atom is 0.00767 e. The molecule has 14 heavy (non-hydrogen) atoms. The van der Waals surface area contributed by atoms with Crippen molar-refractivity contribution in [2.24, 2.45) is 11.7 Å².